The fourth-order valence-electron chi connectivity index (χ4n) is 9.28. The molecule has 0 radical (unpaired) electrons. The highest BCUT2D eigenvalue weighted by atomic mass is 32.2. The lowest BCUT2D eigenvalue weighted by Gasteiger charge is -2.53. The van der Waals surface area contributed by atoms with Crippen LogP contribution in [0.2, 0.25) is 0 Å². The monoisotopic (exact) mass is 650 g/mol. The highest BCUT2D eigenvalue weighted by Crippen LogP contribution is 2.63. The van der Waals surface area contributed by atoms with Crippen molar-refractivity contribution in [2.24, 2.45) is 23.2 Å². The third-order valence-electron chi connectivity index (χ3n) is 11.7. The maximum absolute atomic E-state index is 14.2. The van der Waals surface area contributed by atoms with Crippen molar-refractivity contribution >= 4 is 17.5 Å². The van der Waals surface area contributed by atoms with E-state index >= 15 is 0 Å². The highest BCUT2D eigenvalue weighted by molar-refractivity contribution is 7.99. The third kappa shape index (κ3) is 9.10. The van der Waals surface area contributed by atoms with E-state index in [9.17, 15) is 18.0 Å². The van der Waals surface area contributed by atoms with Crippen molar-refractivity contribution in [1.82, 2.24) is 0 Å². The number of fused-ring (bicyclic) bond motifs is 5. The molecule has 254 valence electrons. The molecule has 0 aromatic heterocycles. The minimum absolute atomic E-state index is 0.0556. The molecule has 1 heterocycles. The first kappa shape index (κ1) is 35.3. The van der Waals surface area contributed by atoms with Crippen molar-refractivity contribution in [3.63, 3.8) is 0 Å². The van der Waals surface area contributed by atoms with Gasteiger partial charge < -0.3 is 9.47 Å². The first-order valence-electron chi connectivity index (χ1n) is 18.2. The van der Waals surface area contributed by atoms with E-state index in [1.165, 1.54) is 56.1 Å². The molecule has 0 bridgehead atoms. The van der Waals surface area contributed by atoms with Gasteiger partial charge in [0.2, 0.25) is 0 Å². The van der Waals surface area contributed by atoms with E-state index in [0.29, 0.717) is 30.0 Å². The molecule has 0 spiro atoms. The zero-order valence-corrected chi connectivity index (χ0v) is 28.6. The molecule has 7 heteroatoms. The van der Waals surface area contributed by atoms with Gasteiger partial charge in [-0.05, 0) is 124 Å². The van der Waals surface area contributed by atoms with E-state index in [1.807, 2.05) is 0 Å². The van der Waals surface area contributed by atoms with Gasteiger partial charge in [0, 0.05) is 24.5 Å². The van der Waals surface area contributed by atoms with Crippen molar-refractivity contribution < 1.29 is 27.4 Å². The van der Waals surface area contributed by atoms with Crippen molar-refractivity contribution in [3.05, 3.63) is 34.9 Å². The maximum Gasteiger partial charge on any atom is 0.389 e. The number of aryl methyl sites for hydroxylation is 1. The maximum atomic E-state index is 14.2. The van der Waals surface area contributed by atoms with E-state index in [4.69, 9.17) is 9.47 Å². The van der Waals surface area contributed by atoms with Gasteiger partial charge in [-0.2, -0.15) is 24.9 Å². The van der Waals surface area contributed by atoms with Crippen LogP contribution in [0, 0.1) is 30.1 Å². The number of carbonyl (C=O) groups excluding carboxylic acids is 1. The molecule has 1 saturated heterocycles. The molecule has 7 unspecified atom stereocenters. The van der Waals surface area contributed by atoms with Crippen LogP contribution < -0.4 is 0 Å². The minimum Gasteiger partial charge on any atom is -0.353 e. The number of ether oxygens (including phenoxy) is 2. The lowest BCUT2D eigenvalue weighted by atomic mass is 9.51. The van der Waals surface area contributed by atoms with E-state index in [1.54, 1.807) is 11.8 Å². The molecule has 1 aliphatic heterocycles. The van der Waals surface area contributed by atoms with Crippen molar-refractivity contribution in [1.29, 1.82) is 0 Å². The lowest BCUT2D eigenvalue weighted by molar-refractivity contribution is -0.213. The molecular weight excluding hydrogens is 593 g/mol. The van der Waals surface area contributed by atoms with Crippen molar-refractivity contribution in [2.45, 2.75) is 154 Å². The second-order valence-electron chi connectivity index (χ2n) is 14.8. The zero-order chi connectivity index (χ0) is 31.9. The third-order valence-corrected chi connectivity index (χ3v) is 12.8. The first-order valence-corrected chi connectivity index (χ1v) is 19.4. The van der Waals surface area contributed by atoms with Crippen LogP contribution in [0.3, 0.4) is 0 Å². The number of halogens is 3. The Morgan fingerprint density at radius 2 is 1.67 bits per heavy atom. The van der Waals surface area contributed by atoms with Gasteiger partial charge in [0.1, 0.15) is 0 Å². The standard InChI is InChI=1S/C38H57F3O3S/c1-27-16-17-28-29-20-22-37(2)32(18-19-33(37)44-34-15-9-11-23-43-34)35(29)30(36(42)31(28)26-27)14-8-6-4-3-5-7-12-24-45-25-13-10-21-38(39,40)41/h16-17,26,29-30,32-35H,3-15,18-25H2,1-2H3. The Kier molecular flexibility index (Phi) is 12.8. The summed E-state index contributed by atoms with van der Waals surface area (Å²) in [6.07, 6.45) is 13.6. The quantitative estimate of drug-likeness (QED) is 0.167. The molecule has 7 atom stereocenters. The predicted molar refractivity (Wildman–Crippen MR) is 178 cm³/mol. The first-order chi connectivity index (χ1) is 21.7. The number of alkyl halides is 3. The average Bonchev–Trinajstić information content (AvgIpc) is 3.34. The molecule has 4 aliphatic rings. The summed E-state index contributed by atoms with van der Waals surface area (Å²) in [6, 6.07) is 6.64. The largest absolute Gasteiger partial charge is 0.389 e. The number of hydrogen-bond donors (Lipinski definition) is 0. The number of Topliss-reactive ketones (excluding diaryl/α,β-unsaturated/α-hetero) is 1. The van der Waals surface area contributed by atoms with Crippen LogP contribution in [0.25, 0.3) is 0 Å². The van der Waals surface area contributed by atoms with Gasteiger partial charge in [-0.3, -0.25) is 4.79 Å². The number of benzene rings is 1. The Morgan fingerprint density at radius 3 is 2.40 bits per heavy atom. The Bertz CT molecular complexity index is 1090. The summed E-state index contributed by atoms with van der Waals surface area (Å²) in [4.78, 5) is 14.2. The van der Waals surface area contributed by atoms with Crippen LogP contribution >= 0.6 is 11.8 Å². The van der Waals surface area contributed by atoms with Gasteiger partial charge >= 0.3 is 6.18 Å². The topological polar surface area (TPSA) is 35.5 Å². The molecule has 1 aromatic rings. The summed E-state index contributed by atoms with van der Waals surface area (Å²) in [7, 11) is 0. The summed E-state index contributed by atoms with van der Waals surface area (Å²) >= 11 is 1.80. The van der Waals surface area contributed by atoms with Gasteiger partial charge in [-0.25, -0.2) is 0 Å². The fraction of sp³-hybridized carbons (Fsp3) is 0.816. The SMILES string of the molecule is Cc1ccc2c(c1)C(=O)C(CCCCCCCCCSCCCCC(F)(F)F)C1C2CCC2(C)C(OC3CCCCO3)CCC12. The Balaban J connectivity index is 1.09. The van der Waals surface area contributed by atoms with Crippen molar-refractivity contribution in [2.75, 3.05) is 18.1 Å². The number of ketones is 1. The van der Waals surface area contributed by atoms with E-state index < -0.39 is 12.6 Å². The Hall–Kier alpha value is -1.05. The van der Waals surface area contributed by atoms with Crippen LogP contribution in [-0.2, 0) is 9.47 Å². The minimum atomic E-state index is -4.01. The molecule has 3 aliphatic carbocycles. The van der Waals surface area contributed by atoms with Gasteiger partial charge in [0.15, 0.2) is 12.1 Å². The van der Waals surface area contributed by atoms with Crippen LogP contribution in [0.1, 0.15) is 150 Å². The van der Waals surface area contributed by atoms with Crippen LogP contribution in [0.15, 0.2) is 18.2 Å². The van der Waals surface area contributed by atoms with E-state index in [2.05, 4.69) is 32.0 Å². The van der Waals surface area contributed by atoms with Gasteiger partial charge in [-0.15, -0.1) is 0 Å². The van der Waals surface area contributed by atoms with Gasteiger partial charge in [0.25, 0.3) is 0 Å². The molecule has 1 aromatic carbocycles. The number of unbranched alkanes of at least 4 members (excludes halogenated alkanes) is 7. The second kappa shape index (κ2) is 16.4. The number of carbonyl (C=O) groups is 1. The molecule has 45 heavy (non-hydrogen) atoms. The molecular formula is C38H57F3O3S. The Morgan fingerprint density at radius 1 is 0.933 bits per heavy atom. The van der Waals surface area contributed by atoms with Crippen LogP contribution in [-0.4, -0.2) is 42.5 Å². The second-order valence-corrected chi connectivity index (χ2v) is 16.1. The fourth-order valence-corrected chi connectivity index (χ4v) is 10.3. The van der Waals surface area contributed by atoms with Crippen LogP contribution in [0.4, 0.5) is 13.2 Å². The van der Waals surface area contributed by atoms with Crippen molar-refractivity contribution in [3.8, 4) is 0 Å². The smallest absolute Gasteiger partial charge is 0.353 e. The molecule has 2 saturated carbocycles. The summed E-state index contributed by atoms with van der Waals surface area (Å²) in [5, 5.41) is 0. The number of hydrogen-bond acceptors (Lipinski definition) is 4. The van der Waals surface area contributed by atoms with E-state index in [-0.39, 0.29) is 30.1 Å². The molecule has 5 rings (SSSR count). The molecule has 0 amide bonds. The van der Waals surface area contributed by atoms with Gasteiger partial charge in [-0.1, -0.05) is 63.1 Å². The predicted octanol–water partition coefficient (Wildman–Crippen LogP) is 11.2. The lowest BCUT2D eigenvalue weighted by Crippen LogP contribution is -2.50. The summed E-state index contributed by atoms with van der Waals surface area (Å²) in [5.74, 6) is 3.83. The normalized spacial score (nSPS) is 31.4. The van der Waals surface area contributed by atoms with Gasteiger partial charge in [0.05, 0.1) is 6.10 Å². The molecule has 3 nitrogen and oxygen atoms in total. The number of rotatable bonds is 16. The average molecular weight is 651 g/mol. The molecule has 3 fully saturated rings. The number of thioether (sulfide) groups is 1. The Labute approximate surface area is 274 Å². The summed E-state index contributed by atoms with van der Waals surface area (Å²) < 4.78 is 49.4. The summed E-state index contributed by atoms with van der Waals surface area (Å²) in [6.45, 7) is 5.38. The van der Waals surface area contributed by atoms with E-state index in [0.717, 1.165) is 75.0 Å². The van der Waals surface area contributed by atoms with Crippen LogP contribution in [0.5, 0.6) is 0 Å². The summed E-state index contributed by atoms with van der Waals surface area (Å²) in [5.41, 5.74) is 3.61. The molecule has 0 N–H and O–H groups in total. The highest BCUT2D eigenvalue weighted by Gasteiger charge is 2.59. The zero-order valence-electron chi connectivity index (χ0n) is 27.8.